The van der Waals surface area contributed by atoms with Crippen LogP contribution in [0.3, 0.4) is 0 Å². The van der Waals surface area contributed by atoms with Crippen LogP contribution in [0, 0.1) is 17.8 Å². The molecule has 1 N–H and O–H groups in total. The highest BCUT2D eigenvalue weighted by atomic mass is 35.5. The van der Waals surface area contributed by atoms with Gasteiger partial charge in [0.05, 0.1) is 5.02 Å². The van der Waals surface area contributed by atoms with Crippen molar-refractivity contribution in [3.8, 4) is 0 Å². The summed E-state index contributed by atoms with van der Waals surface area (Å²) in [5, 5.41) is 0.574. The van der Waals surface area contributed by atoms with Gasteiger partial charge in [0.2, 0.25) is 10.0 Å². The van der Waals surface area contributed by atoms with Gasteiger partial charge in [-0.05, 0) is 55.2 Å². The number of hydrogen-bond acceptors (Lipinski definition) is 2. The average Bonchev–Trinajstić information content (AvgIpc) is 3.01. The summed E-state index contributed by atoms with van der Waals surface area (Å²) in [5.41, 5.74) is 0. The fraction of sp³-hybridized carbons (Fsp3) is 0.571. The summed E-state index contributed by atoms with van der Waals surface area (Å²) in [7, 11) is -3.58. The van der Waals surface area contributed by atoms with E-state index in [9.17, 15) is 8.42 Å². The van der Waals surface area contributed by atoms with Crippen LogP contribution in [-0.2, 0) is 10.0 Å². The maximum atomic E-state index is 12.3. The highest BCUT2D eigenvalue weighted by molar-refractivity contribution is 7.89. The van der Waals surface area contributed by atoms with Gasteiger partial charge in [-0.2, -0.15) is 0 Å². The SMILES string of the molecule is O=S(=O)(NC[C@@H]1C[C@H]2CC[C@H]1C2)c1cc(Cl)ccc1Cl. The molecule has 0 amide bonds. The lowest BCUT2D eigenvalue weighted by molar-refractivity contribution is 0.333. The van der Waals surface area contributed by atoms with E-state index in [1.807, 2.05) is 0 Å². The van der Waals surface area contributed by atoms with E-state index in [-0.39, 0.29) is 9.92 Å². The molecule has 2 saturated carbocycles. The molecule has 0 spiro atoms. The number of hydrogen-bond donors (Lipinski definition) is 1. The number of sulfonamides is 1. The van der Waals surface area contributed by atoms with Crippen LogP contribution in [0.5, 0.6) is 0 Å². The summed E-state index contributed by atoms with van der Waals surface area (Å²) in [6.07, 6.45) is 4.98. The van der Waals surface area contributed by atoms with Crippen molar-refractivity contribution in [3.05, 3.63) is 28.2 Å². The second kappa shape index (κ2) is 5.48. The quantitative estimate of drug-likeness (QED) is 0.912. The first-order chi connectivity index (χ1) is 9.45. The largest absolute Gasteiger partial charge is 0.242 e. The number of benzene rings is 1. The van der Waals surface area contributed by atoms with Gasteiger partial charge < -0.3 is 0 Å². The molecule has 3 atom stereocenters. The monoisotopic (exact) mass is 333 g/mol. The Morgan fingerprint density at radius 3 is 2.65 bits per heavy atom. The van der Waals surface area contributed by atoms with Crippen molar-refractivity contribution in [2.24, 2.45) is 17.8 Å². The zero-order valence-corrected chi connectivity index (χ0v) is 13.3. The van der Waals surface area contributed by atoms with Crippen LogP contribution < -0.4 is 4.72 Å². The van der Waals surface area contributed by atoms with E-state index in [4.69, 9.17) is 23.2 Å². The highest BCUT2D eigenvalue weighted by Crippen LogP contribution is 2.48. The van der Waals surface area contributed by atoms with E-state index in [0.717, 1.165) is 12.3 Å². The third-order valence-electron chi connectivity index (χ3n) is 4.60. The van der Waals surface area contributed by atoms with Gasteiger partial charge in [0.1, 0.15) is 4.90 Å². The fourth-order valence-corrected chi connectivity index (χ4v) is 5.46. The molecule has 0 aromatic heterocycles. The molecule has 2 aliphatic rings. The minimum atomic E-state index is -3.58. The Kier molecular flexibility index (Phi) is 4.01. The molecule has 2 bridgehead atoms. The van der Waals surface area contributed by atoms with Gasteiger partial charge in [-0.3, -0.25) is 0 Å². The van der Waals surface area contributed by atoms with Crippen LogP contribution in [0.25, 0.3) is 0 Å². The summed E-state index contributed by atoms with van der Waals surface area (Å²) in [6.45, 7) is 0.506. The van der Waals surface area contributed by atoms with Crippen LogP contribution >= 0.6 is 23.2 Å². The summed E-state index contributed by atoms with van der Waals surface area (Å²) in [4.78, 5) is 0.0647. The lowest BCUT2D eigenvalue weighted by atomic mass is 9.89. The van der Waals surface area contributed by atoms with Crippen LogP contribution in [0.4, 0.5) is 0 Å². The second-order valence-corrected chi connectivity index (χ2v) is 8.44. The van der Waals surface area contributed by atoms with Crippen LogP contribution in [0.2, 0.25) is 10.0 Å². The standard InChI is InChI=1S/C14H17Cl2NO2S/c15-12-3-4-13(16)14(7-12)20(18,19)17-8-11-6-9-1-2-10(11)5-9/h3-4,7,9-11,17H,1-2,5-6,8H2/t9-,10-,11-/m0/s1. The highest BCUT2D eigenvalue weighted by Gasteiger charge is 2.39. The van der Waals surface area contributed by atoms with Gasteiger partial charge in [-0.1, -0.05) is 29.6 Å². The van der Waals surface area contributed by atoms with Crippen molar-refractivity contribution in [2.75, 3.05) is 6.54 Å². The molecule has 3 nitrogen and oxygen atoms in total. The van der Waals surface area contributed by atoms with E-state index in [1.54, 1.807) is 6.07 Å². The lowest BCUT2D eigenvalue weighted by Crippen LogP contribution is -2.31. The number of nitrogens with one attached hydrogen (secondary N) is 1. The van der Waals surface area contributed by atoms with Gasteiger partial charge >= 0.3 is 0 Å². The molecule has 6 heteroatoms. The predicted molar refractivity (Wildman–Crippen MR) is 80.6 cm³/mol. The number of rotatable bonds is 4. The molecule has 110 valence electrons. The smallest absolute Gasteiger partial charge is 0.211 e. The first-order valence-electron chi connectivity index (χ1n) is 6.90. The average molecular weight is 334 g/mol. The van der Waals surface area contributed by atoms with Crippen molar-refractivity contribution in [1.82, 2.24) is 4.72 Å². The molecule has 20 heavy (non-hydrogen) atoms. The van der Waals surface area contributed by atoms with Gasteiger partial charge in [0, 0.05) is 11.6 Å². The summed E-state index contributed by atoms with van der Waals surface area (Å²) < 4.78 is 27.3. The number of fused-ring (bicyclic) bond motifs is 2. The normalized spacial score (nSPS) is 29.0. The molecule has 0 heterocycles. The maximum Gasteiger partial charge on any atom is 0.242 e. The molecule has 0 radical (unpaired) electrons. The van der Waals surface area contributed by atoms with Gasteiger partial charge in [0.25, 0.3) is 0 Å². The number of halogens is 2. The van der Waals surface area contributed by atoms with E-state index < -0.39 is 10.0 Å². The van der Waals surface area contributed by atoms with E-state index in [0.29, 0.717) is 23.4 Å². The minimum Gasteiger partial charge on any atom is -0.211 e. The Morgan fingerprint density at radius 1 is 1.20 bits per heavy atom. The fourth-order valence-electron chi connectivity index (χ4n) is 3.60. The molecule has 2 aliphatic carbocycles. The van der Waals surface area contributed by atoms with Gasteiger partial charge in [0.15, 0.2) is 0 Å². The van der Waals surface area contributed by atoms with Crippen LogP contribution in [0.15, 0.2) is 23.1 Å². The van der Waals surface area contributed by atoms with Crippen molar-refractivity contribution in [1.29, 1.82) is 0 Å². The molecule has 2 fully saturated rings. The molecule has 0 unspecified atom stereocenters. The maximum absolute atomic E-state index is 12.3. The van der Waals surface area contributed by atoms with Crippen LogP contribution in [-0.4, -0.2) is 15.0 Å². The molecular weight excluding hydrogens is 317 g/mol. The Hall–Kier alpha value is -0.290. The Bertz CT molecular complexity index is 618. The van der Waals surface area contributed by atoms with Crippen molar-refractivity contribution >= 4 is 33.2 Å². The van der Waals surface area contributed by atoms with Gasteiger partial charge in [-0.25, -0.2) is 13.1 Å². The third kappa shape index (κ3) is 2.84. The minimum absolute atomic E-state index is 0.0647. The molecule has 3 rings (SSSR count). The Morgan fingerprint density at radius 2 is 2.00 bits per heavy atom. The molecule has 0 aliphatic heterocycles. The Balaban J connectivity index is 1.71. The predicted octanol–water partition coefficient (Wildman–Crippen LogP) is 3.71. The first kappa shape index (κ1) is 14.6. The topological polar surface area (TPSA) is 46.2 Å². The molecule has 1 aromatic carbocycles. The molecule has 0 saturated heterocycles. The Labute approximate surface area is 129 Å². The third-order valence-corrected chi connectivity index (χ3v) is 6.74. The van der Waals surface area contributed by atoms with Crippen molar-refractivity contribution in [3.63, 3.8) is 0 Å². The van der Waals surface area contributed by atoms with E-state index >= 15 is 0 Å². The van der Waals surface area contributed by atoms with Crippen molar-refractivity contribution in [2.45, 2.75) is 30.6 Å². The summed E-state index contributed by atoms with van der Waals surface area (Å²) in [6, 6.07) is 4.49. The van der Waals surface area contributed by atoms with E-state index in [1.165, 1.54) is 31.4 Å². The molecular formula is C14H17Cl2NO2S. The molecule has 1 aromatic rings. The summed E-state index contributed by atoms with van der Waals surface area (Å²) in [5.74, 6) is 1.98. The summed E-state index contributed by atoms with van der Waals surface area (Å²) >= 11 is 11.8. The second-order valence-electron chi connectivity index (χ2n) is 5.86. The van der Waals surface area contributed by atoms with E-state index in [2.05, 4.69) is 4.72 Å². The first-order valence-corrected chi connectivity index (χ1v) is 9.14. The lowest BCUT2D eigenvalue weighted by Gasteiger charge is -2.21. The van der Waals surface area contributed by atoms with Crippen LogP contribution in [0.1, 0.15) is 25.7 Å². The van der Waals surface area contributed by atoms with Gasteiger partial charge in [-0.15, -0.1) is 0 Å². The zero-order valence-electron chi connectivity index (χ0n) is 11.0. The zero-order chi connectivity index (χ0) is 14.3. The van der Waals surface area contributed by atoms with Crippen molar-refractivity contribution < 1.29 is 8.42 Å².